The lowest BCUT2D eigenvalue weighted by Gasteiger charge is -1.91. The number of hydrogen-bond acceptors (Lipinski definition) is 3. The van der Waals surface area contributed by atoms with Crippen molar-refractivity contribution in [2.24, 2.45) is 0 Å². The molecule has 3 rings (SSSR count). The molecule has 2 N–H and O–H groups in total. The lowest BCUT2D eigenvalue weighted by Crippen LogP contribution is -1.83. The SMILES string of the molecule is Nc1ccc2c(C3CC3)noc2c1. The molecule has 0 aliphatic heterocycles. The van der Waals surface area contributed by atoms with Gasteiger partial charge in [-0.2, -0.15) is 0 Å². The van der Waals surface area contributed by atoms with E-state index in [4.69, 9.17) is 10.3 Å². The van der Waals surface area contributed by atoms with Crippen molar-refractivity contribution in [3.8, 4) is 0 Å². The quantitative estimate of drug-likeness (QED) is 0.675. The van der Waals surface area contributed by atoms with Crippen LogP contribution in [-0.4, -0.2) is 5.16 Å². The van der Waals surface area contributed by atoms with Gasteiger partial charge in [0.05, 0.1) is 5.69 Å². The van der Waals surface area contributed by atoms with Gasteiger partial charge in [-0.05, 0) is 25.0 Å². The van der Waals surface area contributed by atoms with Crippen molar-refractivity contribution in [3.63, 3.8) is 0 Å². The zero-order chi connectivity index (χ0) is 8.84. The molecule has 1 heterocycles. The molecule has 0 atom stereocenters. The molecule has 1 aromatic carbocycles. The van der Waals surface area contributed by atoms with Gasteiger partial charge in [0.15, 0.2) is 5.58 Å². The first-order valence-corrected chi connectivity index (χ1v) is 4.49. The number of aromatic nitrogens is 1. The van der Waals surface area contributed by atoms with Crippen molar-refractivity contribution >= 4 is 16.7 Å². The van der Waals surface area contributed by atoms with E-state index in [0.717, 1.165) is 22.4 Å². The van der Waals surface area contributed by atoms with Crippen LogP contribution in [0.4, 0.5) is 5.69 Å². The van der Waals surface area contributed by atoms with Crippen molar-refractivity contribution in [3.05, 3.63) is 23.9 Å². The molecule has 0 saturated heterocycles. The van der Waals surface area contributed by atoms with Crippen molar-refractivity contribution in [1.29, 1.82) is 0 Å². The van der Waals surface area contributed by atoms with E-state index >= 15 is 0 Å². The highest BCUT2D eigenvalue weighted by Crippen LogP contribution is 2.42. The zero-order valence-electron chi connectivity index (χ0n) is 7.16. The molecule has 0 radical (unpaired) electrons. The third-order valence-corrected chi connectivity index (χ3v) is 2.49. The van der Waals surface area contributed by atoms with Crippen molar-refractivity contribution in [1.82, 2.24) is 5.16 Å². The van der Waals surface area contributed by atoms with Crippen LogP contribution in [0.15, 0.2) is 22.7 Å². The van der Waals surface area contributed by atoms with E-state index in [1.807, 2.05) is 18.2 Å². The van der Waals surface area contributed by atoms with Gasteiger partial charge in [-0.1, -0.05) is 5.16 Å². The van der Waals surface area contributed by atoms with Crippen LogP contribution in [0.5, 0.6) is 0 Å². The smallest absolute Gasteiger partial charge is 0.169 e. The molecule has 1 aliphatic rings. The average Bonchev–Trinajstić information content (AvgIpc) is 2.87. The number of fused-ring (bicyclic) bond motifs is 1. The number of nitrogens with two attached hydrogens (primary N) is 1. The molecule has 1 saturated carbocycles. The Hall–Kier alpha value is -1.51. The number of nitrogen functional groups attached to an aromatic ring is 1. The molecule has 0 bridgehead atoms. The molecule has 2 aromatic rings. The van der Waals surface area contributed by atoms with Crippen LogP contribution in [0.25, 0.3) is 11.0 Å². The van der Waals surface area contributed by atoms with Crippen molar-refractivity contribution < 1.29 is 4.52 Å². The van der Waals surface area contributed by atoms with Gasteiger partial charge in [0, 0.05) is 23.1 Å². The molecular formula is C10H10N2O. The Kier molecular flexibility index (Phi) is 1.20. The minimum Gasteiger partial charge on any atom is -0.399 e. The second kappa shape index (κ2) is 2.25. The number of anilines is 1. The molecule has 1 aliphatic carbocycles. The fourth-order valence-corrected chi connectivity index (χ4v) is 1.62. The lowest BCUT2D eigenvalue weighted by molar-refractivity contribution is 0.446. The summed E-state index contributed by atoms with van der Waals surface area (Å²) < 4.78 is 5.20. The summed E-state index contributed by atoms with van der Waals surface area (Å²) in [6, 6.07) is 5.72. The molecule has 13 heavy (non-hydrogen) atoms. The number of hydrogen-bond donors (Lipinski definition) is 1. The summed E-state index contributed by atoms with van der Waals surface area (Å²) in [6.07, 6.45) is 2.48. The standard InChI is InChI=1S/C10H10N2O/c11-7-3-4-8-9(5-7)13-12-10(8)6-1-2-6/h3-6H,1-2,11H2. The lowest BCUT2D eigenvalue weighted by atomic mass is 10.1. The molecule has 1 fully saturated rings. The van der Waals surface area contributed by atoms with E-state index in [0.29, 0.717) is 5.92 Å². The second-order valence-corrected chi connectivity index (χ2v) is 3.60. The topological polar surface area (TPSA) is 52.0 Å². The highest BCUT2D eigenvalue weighted by Gasteiger charge is 2.28. The van der Waals surface area contributed by atoms with Gasteiger partial charge in [0.2, 0.25) is 0 Å². The predicted molar refractivity (Wildman–Crippen MR) is 50.4 cm³/mol. The van der Waals surface area contributed by atoms with Gasteiger partial charge in [0.25, 0.3) is 0 Å². The molecule has 0 amide bonds. The maximum Gasteiger partial charge on any atom is 0.169 e. The van der Waals surface area contributed by atoms with Gasteiger partial charge in [-0.15, -0.1) is 0 Å². The Morgan fingerprint density at radius 2 is 2.23 bits per heavy atom. The third kappa shape index (κ3) is 1.00. The first-order valence-electron chi connectivity index (χ1n) is 4.49. The van der Waals surface area contributed by atoms with Crippen LogP contribution < -0.4 is 5.73 Å². The number of nitrogens with zero attached hydrogens (tertiary/aromatic N) is 1. The molecule has 1 aromatic heterocycles. The summed E-state index contributed by atoms with van der Waals surface area (Å²) in [5, 5.41) is 5.19. The third-order valence-electron chi connectivity index (χ3n) is 2.49. The fourth-order valence-electron chi connectivity index (χ4n) is 1.62. The summed E-state index contributed by atoms with van der Waals surface area (Å²) >= 11 is 0. The van der Waals surface area contributed by atoms with E-state index in [-0.39, 0.29) is 0 Å². The number of benzene rings is 1. The fraction of sp³-hybridized carbons (Fsp3) is 0.300. The largest absolute Gasteiger partial charge is 0.399 e. The van der Waals surface area contributed by atoms with Gasteiger partial charge in [-0.3, -0.25) is 0 Å². The van der Waals surface area contributed by atoms with Gasteiger partial charge < -0.3 is 10.3 Å². The van der Waals surface area contributed by atoms with Crippen LogP contribution in [0.2, 0.25) is 0 Å². The van der Waals surface area contributed by atoms with E-state index in [9.17, 15) is 0 Å². The molecular weight excluding hydrogens is 164 g/mol. The summed E-state index contributed by atoms with van der Waals surface area (Å²) in [6.45, 7) is 0. The molecule has 0 unspecified atom stereocenters. The van der Waals surface area contributed by atoms with Crippen LogP contribution in [-0.2, 0) is 0 Å². The minimum absolute atomic E-state index is 0.630. The van der Waals surface area contributed by atoms with Crippen LogP contribution >= 0.6 is 0 Å². The van der Waals surface area contributed by atoms with Gasteiger partial charge in [-0.25, -0.2) is 0 Å². The number of rotatable bonds is 1. The van der Waals surface area contributed by atoms with Crippen LogP contribution in [0.1, 0.15) is 24.5 Å². The van der Waals surface area contributed by atoms with Gasteiger partial charge >= 0.3 is 0 Å². The first-order chi connectivity index (χ1) is 6.34. The highest BCUT2D eigenvalue weighted by molar-refractivity contribution is 5.83. The molecule has 3 heteroatoms. The van der Waals surface area contributed by atoms with Gasteiger partial charge in [0.1, 0.15) is 0 Å². The molecule has 0 spiro atoms. The first kappa shape index (κ1) is 6.95. The van der Waals surface area contributed by atoms with E-state index in [2.05, 4.69) is 5.16 Å². The maximum atomic E-state index is 5.64. The Bertz CT molecular complexity index is 457. The van der Waals surface area contributed by atoms with E-state index in [1.54, 1.807) is 0 Å². The monoisotopic (exact) mass is 174 g/mol. The van der Waals surface area contributed by atoms with Crippen LogP contribution in [0, 0.1) is 0 Å². The van der Waals surface area contributed by atoms with Crippen molar-refractivity contribution in [2.45, 2.75) is 18.8 Å². The summed E-state index contributed by atoms with van der Waals surface area (Å²) in [4.78, 5) is 0. The Labute approximate surface area is 75.5 Å². The summed E-state index contributed by atoms with van der Waals surface area (Å²) in [5.74, 6) is 0.630. The van der Waals surface area contributed by atoms with E-state index in [1.165, 1.54) is 12.8 Å². The Morgan fingerprint density at radius 3 is 3.00 bits per heavy atom. The Morgan fingerprint density at radius 1 is 1.38 bits per heavy atom. The normalized spacial score (nSPS) is 16.6. The molecule has 66 valence electrons. The van der Waals surface area contributed by atoms with E-state index < -0.39 is 0 Å². The van der Waals surface area contributed by atoms with Crippen LogP contribution in [0.3, 0.4) is 0 Å². The zero-order valence-corrected chi connectivity index (χ0v) is 7.16. The second-order valence-electron chi connectivity index (χ2n) is 3.60. The summed E-state index contributed by atoms with van der Waals surface area (Å²) in [5.41, 5.74) is 8.28. The highest BCUT2D eigenvalue weighted by atomic mass is 16.5. The average molecular weight is 174 g/mol. The predicted octanol–water partition coefficient (Wildman–Crippen LogP) is 2.29. The van der Waals surface area contributed by atoms with Crippen molar-refractivity contribution in [2.75, 3.05) is 5.73 Å². The summed E-state index contributed by atoms with van der Waals surface area (Å²) in [7, 11) is 0. The maximum absolute atomic E-state index is 5.64. The Balaban J connectivity index is 2.26. The molecule has 3 nitrogen and oxygen atoms in total. The minimum atomic E-state index is 0.630.